The van der Waals surface area contributed by atoms with Crippen LogP contribution < -0.4 is 4.74 Å². The third-order valence-electron chi connectivity index (χ3n) is 6.01. The number of hydrogen-bond acceptors (Lipinski definition) is 4. The van der Waals surface area contributed by atoms with E-state index in [1.54, 1.807) is 19.2 Å². The van der Waals surface area contributed by atoms with E-state index in [-0.39, 0.29) is 11.7 Å². The van der Waals surface area contributed by atoms with Crippen LogP contribution in [0.1, 0.15) is 30.5 Å². The number of carbonyl (C=O) groups excluding carboxylic acids is 1. The highest BCUT2D eigenvalue weighted by atomic mass is 19.1. The predicted molar refractivity (Wildman–Crippen MR) is 109 cm³/mol. The van der Waals surface area contributed by atoms with Gasteiger partial charge in [-0.15, -0.1) is 0 Å². The summed E-state index contributed by atoms with van der Waals surface area (Å²) in [7, 11) is 1.60. The average Bonchev–Trinajstić information content (AvgIpc) is 2.73. The molecule has 4 rings (SSSR count). The Labute approximate surface area is 171 Å². The minimum atomic E-state index is -0.557. The summed E-state index contributed by atoms with van der Waals surface area (Å²) in [6.07, 6.45) is 3.73. The van der Waals surface area contributed by atoms with E-state index in [9.17, 15) is 9.18 Å². The highest BCUT2D eigenvalue weighted by Gasteiger charge is 2.51. The van der Waals surface area contributed by atoms with Crippen molar-refractivity contribution >= 4 is 5.91 Å². The molecule has 2 saturated heterocycles. The largest absolute Gasteiger partial charge is 0.481 e. The van der Waals surface area contributed by atoms with Crippen molar-refractivity contribution in [2.45, 2.75) is 32.2 Å². The number of piperidine rings is 1. The molecule has 1 aromatic carbocycles. The Kier molecular flexibility index (Phi) is 5.81. The summed E-state index contributed by atoms with van der Waals surface area (Å²) in [5.41, 5.74) is 0.976. The zero-order chi connectivity index (χ0) is 20.3. The molecule has 3 heterocycles. The van der Waals surface area contributed by atoms with Gasteiger partial charge < -0.3 is 9.64 Å². The van der Waals surface area contributed by atoms with Crippen LogP contribution in [0, 0.1) is 11.2 Å². The Balaban J connectivity index is 1.51. The number of ether oxygens (including phenoxy) is 1. The first-order chi connectivity index (χ1) is 14.1. The van der Waals surface area contributed by atoms with E-state index in [4.69, 9.17) is 4.74 Å². The van der Waals surface area contributed by atoms with Crippen molar-refractivity contribution in [1.29, 1.82) is 0 Å². The van der Waals surface area contributed by atoms with Crippen LogP contribution in [0.4, 0.5) is 4.39 Å². The number of pyridine rings is 1. The van der Waals surface area contributed by atoms with E-state index < -0.39 is 5.41 Å². The second-order valence-corrected chi connectivity index (χ2v) is 8.22. The number of amides is 1. The maximum Gasteiger partial charge on any atom is 0.231 e. The maximum absolute atomic E-state index is 14.4. The number of methoxy groups -OCH3 is 1. The van der Waals surface area contributed by atoms with Gasteiger partial charge in [0.1, 0.15) is 5.82 Å². The molecule has 2 aromatic rings. The molecule has 154 valence electrons. The smallest absolute Gasteiger partial charge is 0.231 e. The predicted octanol–water partition coefficient (Wildman–Crippen LogP) is 3.29. The molecule has 2 aliphatic rings. The van der Waals surface area contributed by atoms with Gasteiger partial charge in [-0.25, -0.2) is 9.37 Å². The number of likely N-dealkylation sites (tertiary alicyclic amines) is 2. The molecule has 0 bridgehead atoms. The van der Waals surface area contributed by atoms with Gasteiger partial charge in [0.05, 0.1) is 18.2 Å². The molecule has 5 nitrogen and oxygen atoms in total. The maximum atomic E-state index is 14.4. The van der Waals surface area contributed by atoms with Crippen LogP contribution in [0.5, 0.6) is 5.88 Å². The fourth-order valence-corrected chi connectivity index (χ4v) is 4.57. The molecule has 29 heavy (non-hydrogen) atoms. The van der Waals surface area contributed by atoms with Crippen LogP contribution >= 0.6 is 0 Å². The minimum Gasteiger partial charge on any atom is -0.481 e. The molecule has 0 aliphatic carbocycles. The molecule has 2 aliphatic heterocycles. The van der Waals surface area contributed by atoms with Crippen molar-refractivity contribution in [3.05, 3.63) is 59.5 Å². The van der Waals surface area contributed by atoms with E-state index in [1.165, 1.54) is 12.5 Å². The molecule has 6 heteroatoms. The monoisotopic (exact) mass is 397 g/mol. The van der Waals surface area contributed by atoms with Crippen LogP contribution in [0.25, 0.3) is 0 Å². The fourth-order valence-electron chi connectivity index (χ4n) is 4.57. The zero-order valence-corrected chi connectivity index (χ0v) is 16.9. The summed E-state index contributed by atoms with van der Waals surface area (Å²) >= 11 is 0. The van der Waals surface area contributed by atoms with Crippen molar-refractivity contribution in [2.75, 3.05) is 33.3 Å². The SMILES string of the molecule is COc1cccc(CN2CC(Cc3ccccc3F)(C(=O)N3CCCCC3)C2)n1. The van der Waals surface area contributed by atoms with Crippen LogP contribution in [0.3, 0.4) is 0 Å². The Morgan fingerprint density at radius 1 is 1.10 bits per heavy atom. The molecule has 0 spiro atoms. The third-order valence-corrected chi connectivity index (χ3v) is 6.01. The summed E-state index contributed by atoms with van der Waals surface area (Å²) in [4.78, 5) is 22.1. The summed E-state index contributed by atoms with van der Waals surface area (Å²) in [6, 6.07) is 12.5. The zero-order valence-electron chi connectivity index (χ0n) is 16.9. The molecule has 1 amide bonds. The normalized spacial score (nSPS) is 18.9. The van der Waals surface area contributed by atoms with Crippen LogP contribution in [0.2, 0.25) is 0 Å². The van der Waals surface area contributed by atoms with Crippen molar-refractivity contribution < 1.29 is 13.9 Å². The van der Waals surface area contributed by atoms with Crippen molar-refractivity contribution in [1.82, 2.24) is 14.8 Å². The first-order valence-corrected chi connectivity index (χ1v) is 10.3. The van der Waals surface area contributed by atoms with Crippen LogP contribution in [-0.2, 0) is 17.8 Å². The van der Waals surface area contributed by atoms with Crippen molar-refractivity contribution in [2.24, 2.45) is 5.41 Å². The number of hydrogen-bond donors (Lipinski definition) is 0. The quantitative estimate of drug-likeness (QED) is 0.751. The first-order valence-electron chi connectivity index (χ1n) is 10.3. The van der Waals surface area contributed by atoms with E-state index in [0.717, 1.165) is 31.6 Å². The minimum absolute atomic E-state index is 0.176. The second-order valence-electron chi connectivity index (χ2n) is 8.22. The molecular weight excluding hydrogens is 369 g/mol. The first kappa shape index (κ1) is 19.8. The van der Waals surface area contributed by atoms with Crippen molar-refractivity contribution in [3.8, 4) is 5.88 Å². The molecule has 0 saturated carbocycles. The number of aromatic nitrogens is 1. The number of rotatable bonds is 6. The lowest BCUT2D eigenvalue weighted by atomic mass is 9.73. The van der Waals surface area contributed by atoms with Gasteiger partial charge in [0, 0.05) is 38.8 Å². The summed E-state index contributed by atoms with van der Waals surface area (Å²) in [6.45, 7) is 3.53. The van der Waals surface area contributed by atoms with Gasteiger partial charge in [-0.1, -0.05) is 24.3 Å². The van der Waals surface area contributed by atoms with Gasteiger partial charge in [-0.3, -0.25) is 9.69 Å². The van der Waals surface area contributed by atoms with Gasteiger partial charge in [0.2, 0.25) is 11.8 Å². The van der Waals surface area contributed by atoms with Gasteiger partial charge in [0.25, 0.3) is 0 Å². The highest BCUT2D eigenvalue weighted by Crippen LogP contribution is 2.38. The molecule has 0 radical (unpaired) electrons. The van der Waals surface area contributed by atoms with E-state index in [2.05, 4.69) is 9.88 Å². The molecule has 0 unspecified atom stereocenters. The lowest BCUT2D eigenvalue weighted by molar-refractivity contribution is -0.155. The summed E-state index contributed by atoms with van der Waals surface area (Å²) in [5, 5.41) is 0. The van der Waals surface area contributed by atoms with Crippen LogP contribution in [-0.4, -0.2) is 54.0 Å². The molecular formula is C23H28FN3O2. The van der Waals surface area contributed by atoms with E-state index in [1.807, 2.05) is 29.2 Å². The fraction of sp³-hybridized carbons (Fsp3) is 0.478. The lowest BCUT2D eigenvalue weighted by Gasteiger charge is -2.51. The summed E-state index contributed by atoms with van der Waals surface area (Å²) in [5.74, 6) is 0.534. The second kappa shape index (κ2) is 8.49. The number of halogens is 1. The van der Waals surface area contributed by atoms with E-state index in [0.29, 0.717) is 37.5 Å². The highest BCUT2D eigenvalue weighted by molar-refractivity contribution is 5.85. The topological polar surface area (TPSA) is 45.7 Å². The molecule has 0 N–H and O–H groups in total. The number of nitrogens with zero attached hydrogens (tertiary/aromatic N) is 3. The standard InChI is InChI=1S/C23H28FN3O2/c1-29-21-11-7-9-19(25-21)15-26-16-23(17-26,14-18-8-3-4-10-20(18)24)22(28)27-12-5-2-6-13-27/h3-4,7-11H,2,5-6,12-17H2,1H3. The molecule has 0 atom stereocenters. The van der Waals surface area contributed by atoms with E-state index >= 15 is 0 Å². The lowest BCUT2D eigenvalue weighted by Crippen LogP contribution is -2.64. The average molecular weight is 397 g/mol. The summed E-state index contributed by atoms with van der Waals surface area (Å²) < 4.78 is 19.6. The van der Waals surface area contributed by atoms with Gasteiger partial charge in [-0.05, 0) is 43.4 Å². The van der Waals surface area contributed by atoms with Crippen LogP contribution in [0.15, 0.2) is 42.5 Å². The van der Waals surface area contributed by atoms with Gasteiger partial charge in [-0.2, -0.15) is 0 Å². The number of benzene rings is 1. The Morgan fingerprint density at radius 3 is 2.59 bits per heavy atom. The van der Waals surface area contributed by atoms with Crippen molar-refractivity contribution in [3.63, 3.8) is 0 Å². The third kappa shape index (κ3) is 4.27. The Morgan fingerprint density at radius 2 is 1.86 bits per heavy atom. The number of carbonyl (C=O) groups is 1. The van der Waals surface area contributed by atoms with Gasteiger partial charge in [0.15, 0.2) is 0 Å². The Hall–Kier alpha value is -2.47. The Bertz CT molecular complexity index is 861. The van der Waals surface area contributed by atoms with Gasteiger partial charge >= 0.3 is 0 Å². The molecule has 1 aromatic heterocycles. The molecule has 2 fully saturated rings.